The van der Waals surface area contributed by atoms with Crippen molar-refractivity contribution in [3.8, 4) is 5.75 Å². The van der Waals surface area contributed by atoms with Crippen molar-refractivity contribution in [2.75, 3.05) is 17.2 Å². The number of anilines is 2. The number of rotatable bonds is 5. The number of fused-ring (bicyclic) bond motifs is 1. The molecule has 3 aromatic rings. The third-order valence-electron chi connectivity index (χ3n) is 5.41. The van der Waals surface area contributed by atoms with Gasteiger partial charge in [-0.25, -0.2) is 0 Å². The lowest BCUT2D eigenvalue weighted by molar-refractivity contribution is -0.138. The van der Waals surface area contributed by atoms with Crippen LogP contribution in [0.1, 0.15) is 22.3 Å². The molecule has 0 saturated carbocycles. The zero-order valence-corrected chi connectivity index (χ0v) is 18.8. The lowest BCUT2D eigenvalue weighted by Crippen LogP contribution is -2.25. The van der Waals surface area contributed by atoms with Crippen LogP contribution in [0.15, 0.2) is 72.3 Å². The van der Waals surface area contributed by atoms with E-state index in [-0.39, 0.29) is 11.4 Å². The number of hydrogen-bond acceptors (Lipinski definition) is 3. The molecule has 1 heterocycles. The van der Waals surface area contributed by atoms with Crippen LogP contribution in [0, 0.1) is 0 Å². The minimum absolute atomic E-state index is 0.222. The largest absolute Gasteiger partial charge is 0.493 e. The number of carbonyl (C=O) groups is 2. The van der Waals surface area contributed by atoms with Crippen molar-refractivity contribution in [1.82, 2.24) is 0 Å². The Balaban J connectivity index is 1.66. The molecule has 0 fully saturated rings. The van der Waals surface area contributed by atoms with Crippen molar-refractivity contribution < 1.29 is 40.7 Å². The molecular weight excluding hydrogens is 502 g/mol. The van der Waals surface area contributed by atoms with Crippen molar-refractivity contribution in [1.29, 1.82) is 0 Å². The van der Waals surface area contributed by atoms with Gasteiger partial charge in [0.1, 0.15) is 11.3 Å². The van der Waals surface area contributed by atoms with E-state index in [0.717, 1.165) is 29.8 Å². The fourth-order valence-electron chi connectivity index (χ4n) is 3.64. The summed E-state index contributed by atoms with van der Waals surface area (Å²) in [5.41, 5.74) is -1.76. The van der Waals surface area contributed by atoms with Gasteiger partial charge in [0.15, 0.2) is 0 Å². The van der Waals surface area contributed by atoms with E-state index in [0.29, 0.717) is 36.5 Å². The molecule has 0 unspecified atom stereocenters. The standard InChI is InChI=1S/C26H18F6N2O3/c27-25(28,29)17-3-1-5-19(13-17)33-23(35)21(12-15-7-8-22-16(11-15)9-10-37-22)24(36)34-20-6-2-4-18(14-20)26(30,31)32/h1-8,11-14H,9-10H2,(H,33,35)(H,34,36). The molecule has 4 rings (SSSR count). The van der Waals surface area contributed by atoms with E-state index in [1.165, 1.54) is 18.2 Å². The Kier molecular flexibility index (Phi) is 6.97. The molecule has 0 atom stereocenters. The van der Waals surface area contributed by atoms with Gasteiger partial charge < -0.3 is 15.4 Å². The molecule has 1 aliphatic rings. The molecule has 2 N–H and O–H groups in total. The number of halogens is 6. The van der Waals surface area contributed by atoms with Crippen LogP contribution in [0.4, 0.5) is 37.7 Å². The maximum absolute atomic E-state index is 13.1. The van der Waals surface area contributed by atoms with E-state index in [1.54, 1.807) is 18.2 Å². The van der Waals surface area contributed by atoms with E-state index in [1.807, 2.05) is 0 Å². The molecule has 0 bridgehead atoms. The van der Waals surface area contributed by atoms with Crippen LogP contribution in [0.2, 0.25) is 0 Å². The average Bonchev–Trinajstić information content (AvgIpc) is 3.29. The maximum Gasteiger partial charge on any atom is 0.416 e. The van der Waals surface area contributed by atoms with E-state index in [4.69, 9.17) is 4.74 Å². The van der Waals surface area contributed by atoms with Gasteiger partial charge in [0.25, 0.3) is 11.8 Å². The number of nitrogens with one attached hydrogen (secondary N) is 2. The summed E-state index contributed by atoms with van der Waals surface area (Å²) in [6.07, 6.45) is -7.52. The second-order valence-electron chi connectivity index (χ2n) is 8.09. The van der Waals surface area contributed by atoms with Crippen LogP contribution < -0.4 is 15.4 Å². The first kappa shape index (κ1) is 25.8. The van der Waals surface area contributed by atoms with Crippen LogP contribution in [-0.4, -0.2) is 18.4 Å². The lowest BCUT2D eigenvalue weighted by Gasteiger charge is -2.13. The molecule has 3 aromatic carbocycles. The van der Waals surface area contributed by atoms with Gasteiger partial charge in [-0.1, -0.05) is 18.2 Å². The summed E-state index contributed by atoms with van der Waals surface area (Å²) in [6, 6.07) is 12.5. The Labute approximate surface area is 206 Å². The molecule has 37 heavy (non-hydrogen) atoms. The highest BCUT2D eigenvalue weighted by atomic mass is 19.4. The molecule has 0 radical (unpaired) electrons. The van der Waals surface area contributed by atoms with E-state index in [9.17, 15) is 35.9 Å². The van der Waals surface area contributed by atoms with Crippen molar-refractivity contribution in [2.24, 2.45) is 0 Å². The van der Waals surface area contributed by atoms with Gasteiger partial charge in [-0.2, -0.15) is 26.3 Å². The Morgan fingerprint density at radius 2 is 1.30 bits per heavy atom. The summed E-state index contributed by atoms with van der Waals surface area (Å²) in [5.74, 6) is -1.47. The van der Waals surface area contributed by atoms with Gasteiger partial charge in [-0.3, -0.25) is 9.59 Å². The molecule has 1 aliphatic heterocycles. The minimum atomic E-state index is -4.66. The fourth-order valence-corrected chi connectivity index (χ4v) is 3.64. The number of benzene rings is 3. The van der Waals surface area contributed by atoms with Crippen LogP contribution in [0.5, 0.6) is 5.75 Å². The molecule has 0 aliphatic carbocycles. The number of amides is 2. The highest BCUT2D eigenvalue weighted by molar-refractivity contribution is 6.28. The molecule has 2 amide bonds. The summed E-state index contributed by atoms with van der Waals surface area (Å²) in [4.78, 5) is 26.1. The first-order chi connectivity index (χ1) is 17.4. The van der Waals surface area contributed by atoms with Crippen molar-refractivity contribution in [3.63, 3.8) is 0 Å². The molecular formula is C26H18F6N2O3. The predicted octanol–water partition coefficient (Wildman–Crippen LogP) is 6.32. The molecule has 0 saturated heterocycles. The SMILES string of the molecule is O=C(Nc1cccc(C(F)(F)F)c1)C(=Cc1ccc2c(c1)CCO2)C(=O)Nc1cccc(C(F)(F)F)c1. The third-order valence-corrected chi connectivity index (χ3v) is 5.41. The van der Waals surface area contributed by atoms with Gasteiger partial charge in [0.2, 0.25) is 0 Å². The van der Waals surface area contributed by atoms with Crippen LogP contribution in [0.25, 0.3) is 6.08 Å². The topological polar surface area (TPSA) is 67.4 Å². The monoisotopic (exact) mass is 520 g/mol. The van der Waals surface area contributed by atoms with E-state index in [2.05, 4.69) is 10.6 Å². The molecule has 5 nitrogen and oxygen atoms in total. The Morgan fingerprint density at radius 1 is 0.757 bits per heavy atom. The quantitative estimate of drug-likeness (QED) is 0.179. The highest BCUT2D eigenvalue weighted by Gasteiger charge is 2.32. The summed E-state index contributed by atoms with van der Waals surface area (Å²) in [5, 5.41) is 4.51. The van der Waals surface area contributed by atoms with Gasteiger partial charge in [0, 0.05) is 17.8 Å². The third kappa shape index (κ3) is 6.29. The van der Waals surface area contributed by atoms with Crippen molar-refractivity contribution in [2.45, 2.75) is 18.8 Å². The minimum Gasteiger partial charge on any atom is -0.493 e. The van der Waals surface area contributed by atoms with E-state index >= 15 is 0 Å². The van der Waals surface area contributed by atoms with Crippen LogP contribution in [-0.2, 0) is 28.4 Å². The normalized spacial score (nSPS) is 12.8. The summed E-state index contributed by atoms with van der Waals surface area (Å²) < 4.78 is 83.8. The average molecular weight is 520 g/mol. The van der Waals surface area contributed by atoms with Crippen molar-refractivity contribution in [3.05, 3.63) is 94.6 Å². The van der Waals surface area contributed by atoms with Crippen LogP contribution in [0.3, 0.4) is 0 Å². The smallest absolute Gasteiger partial charge is 0.416 e. The lowest BCUT2D eigenvalue weighted by atomic mass is 10.0. The number of hydrogen-bond donors (Lipinski definition) is 2. The first-order valence-corrected chi connectivity index (χ1v) is 10.8. The molecule has 0 spiro atoms. The number of ether oxygens (including phenoxy) is 1. The van der Waals surface area contributed by atoms with Crippen molar-refractivity contribution >= 4 is 29.3 Å². The summed E-state index contributed by atoms with van der Waals surface area (Å²) >= 11 is 0. The maximum atomic E-state index is 13.1. The Hall–Kier alpha value is -4.28. The summed E-state index contributed by atoms with van der Waals surface area (Å²) in [7, 11) is 0. The zero-order valence-electron chi connectivity index (χ0n) is 18.8. The molecule has 11 heteroatoms. The van der Waals surface area contributed by atoms with Gasteiger partial charge >= 0.3 is 12.4 Å². The fraction of sp³-hybridized carbons (Fsp3) is 0.154. The van der Waals surface area contributed by atoms with E-state index < -0.39 is 40.9 Å². The Morgan fingerprint density at radius 3 is 1.81 bits per heavy atom. The number of alkyl halides is 6. The Bertz CT molecular complexity index is 1310. The second kappa shape index (κ2) is 10.00. The van der Waals surface area contributed by atoms with Gasteiger partial charge in [-0.15, -0.1) is 0 Å². The predicted molar refractivity (Wildman–Crippen MR) is 124 cm³/mol. The molecule has 0 aromatic heterocycles. The molecule has 192 valence electrons. The summed E-state index contributed by atoms with van der Waals surface area (Å²) in [6.45, 7) is 0.460. The number of carbonyl (C=O) groups excluding carboxylic acids is 2. The van der Waals surface area contributed by atoms with Gasteiger partial charge in [-0.05, 0) is 65.7 Å². The second-order valence-corrected chi connectivity index (χ2v) is 8.09. The first-order valence-electron chi connectivity index (χ1n) is 10.8. The zero-order chi connectivity index (χ0) is 26.8. The van der Waals surface area contributed by atoms with Gasteiger partial charge in [0.05, 0.1) is 17.7 Å². The highest BCUT2D eigenvalue weighted by Crippen LogP contribution is 2.32. The van der Waals surface area contributed by atoms with Crippen LogP contribution >= 0.6 is 0 Å².